The first-order chi connectivity index (χ1) is 10.4. The van der Waals surface area contributed by atoms with Gasteiger partial charge in [0.05, 0.1) is 5.75 Å². The van der Waals surface area contributed by atoms with Crippen LogP contribution in [0.4, 0.5) is 5.69 Å². The summed E-state index contributed by atoms with van der Waals surface area (Å²) in [6, 6.07) is 7.63. The van der Waals surface area contributed by atoms with E-state index in [1.165, 1.54) is 18.2 Å². The zero-order valence-corrected chi connectivity index (χ0v) is 12.6. The smallest absolute Gasteiger partial charge is 0.251 e. The van der Waals surface area contributed by atoms with Gasteiger partial charge in [0.2, 0.25) is 11.8 Å². The van der Waals surface area contributed by atoms with Crippen molar-refractivity contribution in [1.29, 1.82) is 0 Å². The number of hydrogen-bond donors (Lipinski definition) is 3. The average Bonchev–Trinajstić information content (AvgIpc) is 2.45. The molecule has 1 heterocycles. The predicted molar refractivity (Wildman–Crippen MR) is 83.9 cm³/mol. The van der Waals surface area contributed by atoms with Gasteiger partial charge in [0.1, 0.15) is 0 Å². The summed E-state index contributed by atoms with van der Waals surface area (Å²) >= 11 is 1.13. The first kappa shape index (κ1) is 15.8. The number of aryl methyl sites for hydroxylation is 1. The van der Waals surface area contributed by atoms with Crippen molar-refractivity contribution < 1.29 is 9.59 Å². The number of nitrogens with zero attached hydrogens (tertiary/aromatic N) is 1. The van der Waals surface area contributed by atoms with Gasteiger partial charge in [-0.1, -0.05) is 11.8 Å². The van der Waals surface area contributed by atoms with Gasteiger partial charge in [-0.15, -0.1) is 0 Å². The molecule has 4 N–H and O–H groups in total. The van der Waals surface area contributed by atoms with Gasteiger partial charge >= 0.3 is 0 Å². The fourth-order valence-electron chi connectivity index (χ4n) is 1.67. The SMILES string of the molecule is Cc1cc(=O)[nH]c(SCC(=O)Nc2ccc(C(N)=O)cc2)n1. The van der Waals surface area contributed by atoms with Crippen molar-refractivity contribution in [2.45, 2.75) is 12.1 Å². The number of nitrogens with one attached hydrogen (secondary N) is 2. The Bertz CT molecular complexity index is 755. The molecule has 0 fully saturated rings. The number of aromatic amines is 1. The molecule has 0 atom stereocenters. The minimum Gasteiger partial charge on any atom is -0.366 e. The van der Waals surface area contributed by atoms with Crippen molar-refractivity contribution in [3.63, 3.8) is 0 Å². The van der Waals surface area contributed by atoms with E-state index in [2.05, 4.69) is 15.3 Å². The fourth-order valence-corrected chi connectivity index (χ4v) is 2.39. The van der Waals surface area contributed by atoms with E-state index < -0.39 is 5.91 Å². The molecular weight excluding hydrogens is 304 g/mol. The monoisotopic (exact) mass is 318 g/mol. The molecule has 0 aliphatic rings. The van der Waals surface area contributed by atoms with E-state index in [4.69, 9.17) is 5.73 Å². The average molecular weight is 318 g/mol. The molecule has 8 heteroatoms. The second kappa shape index (κ2) is 6.90. The maximum Gasteiger partial charge on any atom is 0.251 e. The number of carbonyl (C=O) groups excluding carboxylic acids is 2. The Kier molecular flexibility index (Phi) is 4.95. The van der Waals surface area contributed by atoms with Crippen LogP contribution < -0.4 is 16.6 Å². The number of carbonyl (C=O) groups is 2. The molecule has 2 amide bonds. The Morgan fingerprint density at radius 2 is 2.00 bits per heavy atom. The lowest BCUT2D eigenvalue weighted by atomic mass is 10.2. The molecule has 0 spiro atoms. The first-order valence-electron chi connectivity index (χ1n) is 6.34. The van der Waals surface area contributed by atoms with Gasteiger partial charge in [-0.3, -0.25) is 14.4 Å². The molecule has 2 rings (SSSR count). The Morgan fingerprint density at radius 1 is 1.32 bits per heavy atom. The van der Waals surface area contributed by atoms with Gasteiger partial charge in [0.25, 0.3) is 5.56 Å². The maximum atomic E-state index is 11.8. The Morgan fingerprint density at radius 3 is 2.59 bits per heavy atom. The lowest BCUT2D eigenvalue weighted by Crippen LogP contribution is -2.16. The predicted octanol–water partition coefficient (Wildman–Crippen LogP) is 0.908. The number of hydrogen-bond acceptors (Lipinski definition) is 5. The van der Waals surface area contributed by atoms with E-state index in [0.717, 1.165) is 11.8 Å². The van der Waals surface area contributed by atoms with Crippen LogP contribution in [0.5, 0.6) is 0 Å². The van der Waals surface area contributed by atoms with Gasteiger partial charge < -0.3 is 16.0 Å². The number of rotatable bonds is 5. The van der Waals surface area contributed by atoms with Crippen LogP contribution in [0.25, 0.3) is 0 Å². The summed E-state index contributed by atoms with van der Waals surface area (Å²) in [6.07, 6.45) is 0. The van der Waals surface area contributed by atoms with Crippen LogP contribution in [0.1, 0.15) is 16.1 Å². The van der Waals surface area contributed by atoms with E-state index in [1.807, 2.05) is 0 Å². The number of H-pyrrole nitrogens is 1. The zero-order valence-electron chi connectivity index (χ0n) is 11.8. The van der Waals surface area contributed by atoms with Crippen LogP contribution in [0.3, 0.4) is 0 Å². The highest BCUT2D eigenvalue weighted by atomic mass is 32.2. The van der Waals surface area contributed by atoms with Crippen molar-refractivity contribution in [1.82, 2.24) is 9.97 Å². The third-order valence-corrected chi connectivity index (χ3v) is 3.51. The van der Waals surface area contributed by atoms with E-state index in [0.29, 0.717) is 22.1 Å². The normalized spacial score (nSPS) is 10.2. The van der Waals surface area contributed by atoms with Gasteiger partial charge in [0, 0.05) is 23.0 Å². The van der Waals surface area contributed by atoms with Crippen molar-refractivity contribution in [2.24, 2.45) is 5.73 Å². The summed E-state index contributed by atoms with van der Waals surface area (Å²) in [5.41, 5.74) is 6.40. The minimum atomic E-state index is -0.525. The highest BCUT2D eigenvalue weighted by molar-refractivity contribution is 7.99. The van der Waals surface area contributed by atoms with Crippen molar-refractivity contribution >= 4 is 29.3 Å². The summed E-state index contributed by atoms with van der Waals surface area (Å²) in [6.45, 7) is 1.71. The minimum absolute atomic E-state index is 0.101. The van der Waals surface area contributed by atoms with Crippen LogP contribution in [0, 0.1) is 6.92 Å². The standard InChI is InChI=1S/C14H14N4O3S/c1-8-6-11(19)18-14(16-8)22-7-12(20)17-10-4-2-9(3-5-10)13(15)21/h2-6H,7H2,1H3,(H2,15,21)(H,17,20)(H,16,18,19). The lowest BCUT2D eigenvalue weighted by molar-refractivity contribution is -0.113. The van der Waals surface area contributed by atoms with E-state index >= 15 is 0 Å². The molecule has 0 unspecified atom stereocenters. The van der Waals surface area contributed by atoms with Gasteiger partial charge in [-0.25, -0.2) is 4.98 Å². The third kappa shape index (κ3) is 4.45. The van der Waals surface area contributed by atoms with Gasteiger partial charge in [-0.2, -0.15) is 0 Å². The molecule has 0 radical (unpaired) electrons. The third-order valence-electron chi connectivity index (χ3n) is 2.64. The summed E-state index contributed by atoms with van der Waals surface area (Å²) in [7, 11) is 0. The second-order valence-corrected chi connectivity index (χ2v) is 5.43. The zero-order chi connectivity index (χ0) is 16.1. The highest BCUT2D eigenvalue weighted by Crippen LogP contribution is 2.13. The van der Waals surface area contributed by atoms with Crippen LogP contribution in [-0.2, 0) is 4.79 Å². The number of benzene rings is 1. The largest absolute Gasteiger partial charge is 0.366 e. The highest BCUT2D eigenvalue weighted by Gasteiger charge is 2.07. The van der Waals surface area contributed by atoms with Crippen LogP contribution in [-0.4, -0.2) is 27.5 Å². The Hall–Kier alpha value is -2.61. The van der Waals surface area contributed by atoms with Crippen molar-refractivity contribution in [3.8, 4) is 0 Å². The lowest BCUT2D eigenvalue weighted by Gasteiger charge is -2.05. The van der Waals surface area contributed by atoms with Crippen LogP contribution in [0.15, 0.2) is 40.3 Å². The van der Waals surface area contributed by atoms with E-state index in [1.54, 1.807) is 19.1 Å². The van der Waals surface area contributed by atoms with E-state index in [9.17, 15) is 14.4 Å². The fraction of sp³-hybridized carbons (Fsp3) is 0.143. The number of amides is 2. The van der Waals surface area contributed by atoms with Crippen LogP contribution >= 0.6 is 11.8 Å². The second-order valence-electron chi connectivity index (χ2n) is 4.47. The molecule has 7 nitrogen and oxygen atoms in total. The maximum absolute atomic E-state index is 11.8. The van der Waals surface area contributed by atoms with Crippen molar-refractivity contribution in [3.05, 3.63) is 51.9 Å². The summed E-state index contributed by atoms with van der Waals surface area (Å²) in [5.74, 6) is -0.673. The first-order valence-corrected chi connectivity index (χ1v) is 7.33. The molecule has 1 aromatic carbocycles. The topological polar surface area (TPSA) is 118 Å². The molecule has 0 bridgehead atoms. The number of primary amides is 1. The molecule has 1 aromatic heterocycles. The number of anilines is 1. The molecule has 0 saturated carbocycles. The summed E-state index contributed by atoms with van der Waals surface area (Å²) in [4.78, 5) is 40.7. The van der Waals surface area contributed by atoms with Crippen molar-refractivity contribution in [2.75, 3.05) is 11.1 Å². The molecule has 2 aromatic rings. The quantitative estimate of drug-likeness (QED) is 0.559. The molecule has 0 saturated heterocycles. The molecule has 0 aliphatic carbocycles. The summed E-state index contributed by atoms with van der Waals surface area (Å²) < 4.78 is 0. The van der Waals surface area contributed by atoms with Crippen LogP contribution in [0.2, 0.25) is 0 Å². The number of nitrogens with two attached hydrogens (primary N) is 1. The Balaban J connectivity index is 1.92. The number of aromatic nitrogens is 2. The summed E-state index contributed by atoms with van der Waals surface area (Å²) in [5, 5.41) is 3.07. The Labute approximate surface area is 130 Å². The van der Waals surface area contributed by atoms with E-state index in [-0.39, 0.29) is 17.2 Å². The molecule has 114 valence electrons. The molecule has 0 aliphatic heterocycles. The molecular formula is C14H14N4O3S. The number of thioether (sulfide) groups is 1. The van der Waals surface area contributed by atoms with Gasteiger partial charge in [0.15, 0.2) is 5.16 Å². The van der Waals surface area contributed by atoms with Gasteiger partial charge in [-0.05, 0) is 31.2 Å². The molecule has 22 heavy (non-hydrogen) atoms.